The number of rotatable bonds is 5. The van der Waals surface area contributed by atoms with Crippen molar-refractivity contribution in [3.8, 4) is 0 Å². The molecule has 0 heterocycles. The van der Waals surface area contributed by atoms with Gasteiger partial charge in [0, 0.05) is 12.3 Å². The van der Waals surface area contributed by atoms with Crippen LogP contribution in [0.2, 0.25) is 0 Å². The fraction of sp³-hybridized carbons (Fsp3) is 0.643. The Bertz CT molecular complexity index is 285. The Morgan fingerprint density at radius 1 is 1.31 bits per heavy atom. The first-order valence-corrected chi connectivity index (χ1v) is 5.68. The summed E-state index contributed by atoms with van der Waals surface area (Å²) in [5, 5.41) is 0. The third kappa shape index (κ3) is 5.15. The van der Waals surface area contributed by atoms with Gasteiger partial charge in [-0.15, -0.1) is 0 Å². The molecule has 0 fully saturated rings. The summed E-state index contributed by atoms with van der Waals surface area (Å²) < 4.78 is 5.39. The lowest BCUT2D eigenvalue weighted by Gasteiger charge is -2.34. The second kappa shape index (κ2) is 5.88. The van der Waals surface area contributed by atoms with Gasteiger partial charge in [0.25, 0.3) is 0 Å². The second-order valence-electron chi connectivity index (χ2n) is 5.28. The molecule has 0 aromatic rings. The van der Waals surface area contributed by atoms with Crippen LogP contribution in [0.1, 0.15) is 41.5 Å². The first-order chi connectivity index (χ1) is 7.16. The van der Waals surface area contributed by atoms with Crippen molar-refractivity contribution in [2.45, 2.75) is 47.6 Å². The van der Waals surface area contributed by atoms with Gasteiger partial charge < -0.3 is 4.74 Å². The zero-order valence-corrected chi connectivity index (χ0v) is 11.3. The lowest BCUT2D eigenvalue weighted by molar-refractivity contribution is -0.154. The topological polar surface area (TPSA) is 26.3 Å². The summed E-state index contributed by atoms with van der Waals surface area (Å²) in [5.41, 5.74) is 0.817. The van der Waals surface area contributed by atoms with Crippen LogP contribution in [-0.2, 0) is 9.53 Å². The van der Waals surface area contributed by atoms with E-state index >= 15 is 0 Å². The van der Waals surface area contributed by atoms with Crippen molar-refractivity contribution in [3.05, 3.63) is 24.3 Å². The molecule has 16 heavy (non-hydrogen) atoms. The van der Waals surface area contributed by atoms with Crippen LogP contribution < -0.4 is 0 Å². The van der Waals surface area contributed by atoms with Crippen molar-refractivity contribution in [2.24, 2.45) is 11.3 Å². The SMILES string of the molecule is C=C(C)/C=C/C(C)(C)C(OC(C)=O)C(C)C. The molecule has 0 amide bonds. The van der Waals surface area contributed by atoms with E-state index in [9.17, 15) is 4.79 Å². The highest BCUT2D eigenvalue weighted by Crippen LogP contribution is 2.31. The highest BCUT2D eigenvalue weighted by Gasteiger charge is 2.32. The Balaban J connectivity index is 4.88. The van der Waals surface area contributed by atoms with E-state index in [2.05, 4.69) is 40.3 Å². The van der Waals surface area contributed by atoms with E-state index in [0.29, 0.717) is 0 Å². The molecule has 0 saturated heterocycles. The molecular weight excluding hydrogens is 200 g/mol. The summed E-state index contributed by atoms with van der Waals surface area (Å²) in [4.78, 5) is 11.1. The third-order valence-electron chi connectivity index (χ3n) is 2.43. The number of esters is 1. The zero-order valence-electron chi connectivity index (χ0n) is 11.3. The minimum Gasteiger partial charge on any atom is -0.461 e. The maximum absolute atomic E-state index is 11.1. The molecule has 0 rings (SSSR count). The van der Waals surface area contributed by atoms with Gasteiger partial charge in [-0.25, -0.2) is 0 Å². The lowest BCUT2D eigenvalue weighted by atomic mass is 9.80. The van der Waals surface area contributed by atoms with Crippen LogP contribution >= 0.6 is 0 Å². The Morgan fingerprint density at radius 3 is 2.12 bits per heavy atom. The standard InChI is InChI=1S/C14H24O2/c1-10(2)8-9-14(6,7)13(11(3)4)16-12(5)15/h8-9,11,13H,1H2,2-7H3/b9-8+. The molecule has 92 valence electrons. The van der Waals surface area contributed by atoms with Gasteiger partial charge in [-0.05, 0) is 12.8 Å². The van der Waals surface area contributed by atoms with Crippen molar-refractivity contribution in [3.63, 3.8) is 0 Å². The van der Waals surface area contributed by atoms with Gasteiger partial charge in [0.1, 0.15) is 6.10 Å². The van der Waals surface area contributed by atoms with Crippen molar-refractivity contribution < 1.29 is 9.53 Å². The molecule has 0 aliphatic heterocycles. The quantitative estimate of drug-likeness (QED) is 0.525. The molecule has 0 saturated carbocycles. The van der Waals surface area contributed by atoms with Crippen LogP contribution in [0.3, 0.4) is 0 Å². The third-order valence-corrected chi connectivity index (χ3v) is 2.43. The maximum atomic E-state index is 11.1. The highest BCUT2D eigenvalue weighted by molar-refractivity contribution is 5.66. The van der Waals surface area contributed by atoms with Gasteiger partial charge in [-0.3, -0.25) is 4.79 Å². The van der Waals surface area contributed by atoms with E-state index in [4.69, 9.17) is 4.74 Å². The van der Waals surface area contributed by atoms with E-state index in [0.717, 1.165) is 5.57 Å². The minimum absolute atomic E-state index is 0.111. The van der Waals surface area contributed by atoms with Gasteiger partial charge in [-0.1, -0.05) is 52.0 Å². The van der Waals surface area contributed by atoms with Crippen molar-refractivity contribution in [1.29, 1.82) is 0 Å². The van der Waals surface area contributed by atoms with Gasteiger partial charge in [0.15, 0.2) is 0 Å². The van der Waals surface area contributed by atoms with Crippen LogP contribution in [0, 0.1) is 11.3 Å². The van der Waals surface area contributed by atoms with Gasteiger partial charge in [0.05, 0.1) is 0 Å². The minimum atomic E-state index is -0.226. The molecule has 2 nitrogen and oxygen atoms in total. The molecule has 0 aliphatic rings. The lowest BCUT2D eigenvalue weighted by Crippen LogP contribution is -2.36. The molecule has 0 N–H and O–H groups in total. The number of ether oxygens (including phenoxy) is 1. The first kappa shape index (κ1) is 14.9. The summed E-state index contributed by atoms with van der Waals surface area (Å²) in [6.45, 7) is 15.5. The summed E-state index contributed by atoms with van der Waals surface area (Å²) in [7, 11) is 0. The molecule has 0 bridgehead atoms. The highest BCUT2D eigenvalue weighted by atomic mass is 16.5. The molecular formula is C14H24O2. The predicted octanol–water partition coefficient (Wildman–Crippen LogP) is 3.73. The van der Waals surface area contributed by atoms with E-state index < -0.39 is 0 Å². The molecule has 1 unspecified atom stereocenters. The van der Waals surface area contributed by atoms with Crippen molar-refractivity contribution in [1.82, 2.24) is 0 Å². The Kier molecular flexibility index (Phi) is 5.49. The first-order valence-electron chi connectivity index (χ1n) is 5.68. The summed E-state index contributed by atoms with van der Waals surface area (Å²) in [5.74, 6) is 0.0594. The summed E-state index contributed by atoms with van der Waals surface area (Å²) >= 11 is 0. The maximum Gasteiger partial charge on any atom is 0.302 e. The van der Waals surface area contributed by atoms with Crippen LogP contribution in [0.25, 0.3) is 0 Å². The number of hydrogen-bond acceptors (Lipinski definition) is 2. The Morgan fingerprint density at radius 2 is 1.81 bits per heavy atom. The number of allylic oxidation sites excluding steroid dienone is 2. The number of hydrogen-bond donors (Lipinski definition) is 0. The predicted molar refractivity (Wildman–Crippen MR) is 68.1 cm³/mol. The summed E-state index contributed by atoms with van der Waals surface area (Å²) in [6, 6.07) is 0. The van der Waals surface area contributed by atoms with E-state index in [1.807, 2.05) is 13.0 Å². The molecule has 0 aliphatic carbocycles. The van der Waals surface area contributed by atoms with Crippen LogP contribution in [0.15, 0.2) is 24.3 Å². The van der Waals surface area contributed by atoms with E-state index in [1.165, 1.54) is 6.92 Å². The van der Waals surface area contributed by atoms with Crippen molar-refractivity contribution >= 4 is 5.97 Å². The van der Waals surface area contributed by atoms with Crippen molar-refractivity contribution in [2.75, 3.05) is 0 Å². The van der Waals surface area contributed by atoms with Crippen LogP contribution in [0.4, 0.5) is 0 Å². The molecule has 0 aromatic heterocycles. The smallest absolute Gasteiger partial charge is 0.302 e. The average Bonchev–Trinajstić information content (AvgIpc) is 2.10. The average molecular weight is 224 g/mol. The second-order valence-corrected chi connectivity index (χ2v) is 5.28. The molecule has 1 atom stereocenters. The summed E-state index contributed by atoms with van der Waals surface area (Å²) in [6.07, 6.45) is 3.92. The molecule has 2 heteroatoms. The van der Waals surface area contributed by atoms with Gasteiger partial charge >= 0.3 is 5.97 Å². The van der Waals surface area contributed by atoms with Crippen LogP contribution in [-0.4, -0.2) is 12.1 Å². The van der Waals surface area contributed by atoms with E-state index in [1.54, 1.807) is 0 Å². The Hall–Kier alpha value is -1.05. The number of carbonyl (C=O) groups is 1. The zero-order chi connectivity index (χ0) is 12.9. The molecule has 0 radical (unpaired) electrons. The van der Waals surface area contributed by atoms with E-state index in [-0.39, 0.29) is 23.4 Å². The Labute approximate surface area is 99.4 Å². The van der Waals surface area contributed by atoms with Gasteiger partial charge in [-0.2, -0.15) is 0 Å². The largest absolute Gasteiger partial charge is 0.461 e. The number of carbonyl (C=O) groups excluding carboxylic acids is 1. The van der Waals surface area contributed by atoms with Crippen LogP contribution in [0.5, 0.6) is 0 Å². The fourth-order valence-corrected chi connectivity index (χ4v) is 1.78. The fourth-order valence-electron chi connectivity index (χ4n) is 1.78. The monoisotopic (exact) mass is 224 g/mol. The normalized spacial score (nSPS) is 14.2. The molecule has 0 spiro atoms. The molecule has 0 aromatic carbocycles. The van der Waals surface area contributed by atoms with Gasteiger partial charge in [0.2, 0.25) is 0 Å².